The van der Waals surface area contributed by atoms with Crippen LogP contribution in [0.3, 0.4) is 0 Å². The summed E-state index contributed by atoms with van der Waals surface area (Å²) in [6.45, 7) is 3.63. The third kappa shape index (κ3) is 4.78. The Labute approximate surface area is 166 Å². The van der Waals surface area contributed by atoms with Gasteiger partial charge in [0.05, 0.1) is 6.54 Å². The van der Waals surface area contributed by atoms with Crippen molar-refractivity contribution in [1.82, 2.24) is 5.32 Å². The molecule has 0 saturated heterocycles. The summed E-state index contributed by atoms with van der Waals surface area (Å²) in [7, 11) is 0. The Bertz CT molecular complexity index is 806. The molecule has 1 N–H and O–H groups in total. The van der Waals surface area contributed by atoms with Crippen LogP contribution in [0.15, 0.2) is 87.0 Å². The van der Waals surface area contributed by atoms with Crippen molar-refractivity contribution < 1.29 is 4.39 Å². The molecule has 1 aliphatic heterocycles. The minimum atomic E-state index is -1.02. The molecule has 142 valence electrons. The zero-order chi connectivity index (χ0) is 19.1. The number of hydrogen-bond acceptors (Lipinski definition) is 2. The first-order chi connectivity index (χ1) is 13.2. The molecule has 0 aromatic carbocycles. The van der Waals surface area contributed by atoms with Crippen molar-refractivity contribution in [2.45, 2.75) is 38.8 Å². The van der Waals surface area contributed by atoms with Crippen LogP contribution in [0.25, 0.3) is 0 Å². The molecule has 2 nitrogen and oxygen atoms in total. The molecule has 0 aromatic rings. The summed E-state index contributed by atoms with van der Waals surface area (Å²) in [4.78, 5) is 4.55. The fourth-order valence-corrected chi connectivity index (χ4v) is 3.85. The van der Waals surface area contributed by atoms with Gasteiger partial charge in [-0.1, -0.05) is 54.1 Å². The summed E-state index contributed by atoms with van der Waals surface area (Å²) in [5.41, 5.74) is 6.89. The lowest BCUT2D eigenvalue weighted by Gasteiger charge is -2.20. The highest BCUT2D eigenvalue weighted by Gasteiger charge is 2.21. The van der Waals surface area contributed by atoms with Crippen LogP contribution < -0.4 is 5.32 Å². The van der Waals surface area contributed by atoms with Crippen LogP contribution >= 0.6 is 11.6 Å². The van der Waals surface area contributed by atoms with Gasteiger partial charge in [0.25, 0.3) is 0 Å². The van der Waals surface area contributed by atoms with Crippen LogP contribution in [0, 0.1) is 0 Å². The fourth-order valence-electron chi connectivity index (χ4n) is 3.62. The fraction of sp³-hybridized carbons (Fsp3) is 0.348. The normalized spacial score (nSPS) is 23.3. The third-order valence-corrected chi connectivity index (χ3v) is 5.26. The maximum absolute atomic E-state index is 14.4. The summed E-state index contributed by atoms with van der Waals surface area (Å²) >= 11 is 6.20. The van der Waals surface area contributed by atoms with Crippen molar-refractivity contribution in [3.05, 3.63) is 82.0 Å². The predicted molar refractivity (Wildman–Crippen MR) is 114 cm³/mol. The molecular formula is C23H26ClFN2. The van der Waals surface area contributed by atoms with Gasteiger partial charge in [0.1, 0.15) is 12.0 Å². The van der Waals surface area contributed by atoms with Gasteiger partial charge >= 0.3 is 0 Å². The number of rotatable bonds is 6. The van der Waals surface area contributed by atoms with Gasteiger partial charge in [0.2, 0.25) is 0 Å². The van der Waals surface area contributed by atoms with E-state index in [1.807, 2.05) is 31.2 Å². The lowest BCUT2D eigenvalue weighted by atomic mass is 9.87. The van der Waals surface area contributed by atoms with Crippen molar-refractivity contribution in [3.63, 3.8) is 0 Å². The smallest absolute Gasteiger partial charge is 0.144 e. The average Bonchev–Trinajstić information content (AvgIpc) is 3.18. The van der Waals surface area contributed by atoms with E-state index in [4.69, 9.17) is 11.6 Å². The number of amidine groups is 1. The lowest BCUT2D eigenvalue weighted by Crippen LogP contribution is -2.21. The average molecular weight is 385 g/mol. The van der Waals surface area contributed by atoms with E-state index in [1.165, 1.54) is 5.57 Å². The number of nitrogens with one attached hydrogen (secondary N) is 1. The molecule has 3 rings (SSSR count). The van der Waals surface area contributed by atoms with E-state index in [1.54, 1.807) is 11.6 Å². The van der Waals surface area contributed by atoms with Gasteiger partial charge in [-0.3, -0.25) is 4.99 Å². The molecule has 0 fully saturated rings. The highest BCUT2D eigenvalue weighted by Crippen LogP contribution is 2.34. The Kier molecular flexibility index (Phi) is 7.05. The zero-order valence-corrected chi connectivity index (χ0v) is 16.5. The Morgan fingerprint density at radius 3 is 3.07 bits per heavy atom. The van der Waals surface area contributed by atoms with Crippen LogP contribution in [0.2, 0.25) is 0 Å². The first-order valence-electron chi connectivity index (χ1n) is 9.57. The highest BCUT2D eigenvalue weighted by atomic mass is 35.5. The van der Waals surface area contributed by atoms with Gasteiger partial charge in [0.15, 0.2) is 0 Å². The number of aliphatic imine (C=N–C) groups is 1. The molecule has 1 heterocycles. The molecular weight excluding hydrogens is 359 g/mol. The van der Waals surface area contributed by atoms with Crippen molar-refractivity contribution in [3.8, 4) is 0 Å². The van der Waals surface area contributed by atoms with Gasteiger partial charge < -0.3 is 5.32 Å². The van der Waals surface area contributed by atoms with Crippen molar-refractivity contribution in [1.29, 1.82) is 0 Å². The van der Waals surface area contributed by atoms with Gasteiger partial charge in [-0.05, 0) is 61.0 Å². The molecule has 1 unspecified atom stereocenters. The second-order valence-electron chi connectivity index (χ2n) is 6.75. The summed E-state index contributed by atoms with van der Waals surface area (Å²) in [5.74, 6) is 0.902. The number of halogens is 2. The van der Waals surface area contributed by atoms with Crippen LogP contribution in [-0.2, 0) is 0 Å². The second-order valence-corrected chi connectivity index (χ2v) is 6.97. The number of allylic oxidation sites excluding steroid dienone is 11. The Balaban J connectivity index is 1.81. The van der Waals surface area contributed by atoms with E-state index in [2.05, 4.69) is 28.5 Å². The van der Waals surface area contributed by atoms with Crippen molar-refractivity contribution in [2.24, 2.45) is 4.99 Å². The molecule has 3 aliphatic rings. The molecule has 0 amide bonds. The molecule has 0 radical (unpaired) electrons. The van der Waals surface area contributed by atoms with E-state index < -0.39 is 6.17 Å². The Hall–Kier alpha value is -2.13. The summed E-state index contributed by atoms with van der Waals surface area (Å²) < 4.78 is 14.4. The predicted octanol–water partition coefficient (Wildman–Crippen LogP) is 5.87. The summed E-state index contributed by atoms with van der Waals surface area (Å²) in [5, 5.41) is 3.33. The van der Waals surface area contributed by atoms with E-state index in [9.17, 15) is 4.39 Å². The van der Waals surface area contributed by atoms with Crippen LogP contribution in [0.1, 0.15) is 32.6 Å². The number of alkyl halides is 1. The monoisotopic (exact) mass is 384 g/mol. The minimum Gasteiger partial charge on any atom is -0.368 e. The molecule has 27 heavy (non-hydrogen) atoms. The summed E-state index contributed by atoms with van der Waals surface area (Å²) in [6, 6.07) is 0. The molecule has 4 heteroatoms. The second kappa shape index (κ2) is 9.70. The van der Waals surface area contributed by atoms with Gasteiger partial charge in [-0.15, -0.1) is 0 Å². The van der Waals surface area contributed by atoms with E-state index in [0.717, 1.165) is 66.9 Å². The number of nitrogens with zero attached hydrogens (tertiary/aromatic N) is 1. The molecule has 0 saturated carbocycles. The van der Waals surface area contributed by atoms with Crippen LogP contribution in [-0.4, -0.2) is 25.1 Å². The third-order valence-electron chi connectivity index (χ3n) is 5.00. The van der Waals surface area contributed by atoms with Crippen molar-refractivity contribution >= 4 is 17.4 Å². The molecule has 2 aliphatic carbocycles. The van der Waals surface area contributed by atoms with Crippen LogP contribution in [0.4, 0.5) is 4.39 Å². The molecule has 0 bridgehead atoms. The zero-order valence-electron chi connectivity index (χ0n) is 15.7. The highest BCUT2D eigenvalue weighted by molar-refractivity contribution is 6.26. The summed E-state index contributed by atoms with van der Waals surface area (Å²) in [6.07, 6.45) is 18.0. The maximum Gasteiger partial charge on any atom is 0.144 e. The molecule has 0 spiro atoms. The maximum atomic E-state index is 14.4. The largest absolute Gasteiger partial charge is 0.368 e. The van der Waals surface area contributed by atoms with E-state index >= 15 is 0 Å². The van der Waals surface area contributed by atoms with Crippen molar-refractivity contribution in [2.75, 3.05) is 13.1 Å². The number of hydrogen-bond donors (Lipinski definition) is 1. The van der Waals surface area contributed by atoms with E-state index in [0.29, 0.717) is 0 Å². The van der Waals surface area contributed by atoms with Gasteiger partial charge in [0, 0.05) is 17.7 Å². The SMILES string of the molecule is C\C=C/C=C(C1=NCCN1)\C(=C\Cl)CCC1=CC=CC(F)C2=C1CCC=C2. The Morgan fingerprint density at radius 1 is 1.44 bits per heavy atom. The molecule has 0 aromatic heterocycles. The standard InChI is InChI=1S/C23H26ClFN2/c1-2-3-8-20(23-26-14-15-27-23)18(16-24)13-12-17-7-6-11-22(25)21-10-5-4-9-19(17)21/h2-3,5-8,10-11,16,22H,4,9,12-15H2,1H3,(H,26,27)/b3-2-,18-16+,20-8+. The quantitative estimate of drug-likeness (QED) is 0.568. The van der Waals surface area contributed by atoms with Crippen LogP contribution in [0.5, 0.6) is 0 Å². The lowest BCUT2D eigenvalue weighted by molar-refractivity contribution is 0.452. The first kappa shape index (κ1) is 19.6. The Morgan fingerprint density at radius 2 is 2.33 bits per heavy atom. The van der Waals surface area contributed by atoms with Gasteiger partial charge in [-0.2, -0.15) is 0 Å². The van der Waals surface area contributed by atoms with E-state index in [-0.39, 0.29) is 0 Å². The first-order valence-corrected chi connectivity index (χ1v) is 10.0. The molecule has 1 atom stereocenters. The topological polar surface area (TPSA) is 24.4 Å². The minimum absolute atomic E-state index is 0.782. The van der Waals surface area contributed by atoms with Gasteiger partial charge in [-0.25, -0.2) is 4.39 Å².